The predicted molar refractivity (Wildman–Crippen MR) is 162 cm³/mol. The number of rotatable bonds is 11. The van der Waals surface area contributed by atoms with Crippen LogP contribution in [0.25, 0.3) is 11.8 Å². The largest absolute Gasteiger partial charge is 0.396 e. The Bertz CT molecular complexity index is 1230. The van der Waals surface area contributed by atoms with E-state index < -0.39 is 21.4 Å². The molecule has 1 aromatic rings. The summed E-state index contributed by atoms with van der Waals surface area (Å²) in [5.41, 5.74) is 4.33. The lowest BCUT2D eigenvalue weighted by molar-refractivity contribution is 0.142. The molecule has 0 amide bonds. The number of aliphatic hydroxyl groups is 1. The number of fused-ring (bicyclic) bond motifs is 2. The number of hydrogen-bond acceptors (Lipinski definition) is 6. The van der Waals surface area contributed by atoms with E-state index in [2.05, 4.69) is 37.1 Å². The summed E-state index contributed by atoms with van der Waals surface area (Å²) in [5, 5.41) is 17.8. The molecular formula is C30H49FN4O4S. The van der Waals surface area contributed by atoms with Crippen molar-refractivity contribution in [3.8, 4) is 0 Å². The lowest BCUT2D eigenvalue weighted by atomic mass is 9.70. The van der Waals surface area contributed by atoms with Crippen LogP contribution in [0, 0.1) is 11.3 Å². The average molecular weight is 581 g/mol. The van der Waals surface area contributed by atoms with Crippen molar-refractivity contribution >= 4 is 27.5 Å². The summed E-state index contributed by atoms with van der Waals surface area (Å²) in [4.78, 5) is 5.09. The van der Waals surface area contributed by atoms with Gasteiger partial charge >= 0.3 is 0 Å². The molecule has 8 nitrogen and oxygen atoms in total. The second-order valence-electron chi connectivity index (χ2n) is 11.2. The number of halogens is 1. The smallest absolute Gasteiger partial charge is 0.222 e. The Morgan fingerprint density at radius 1 is 1.30 bits per heavy atom. The van der Waals surface area contributed by atoms with E-state index in [4.69, 9.17) is 4.84 Å². The van der Waals surface area contributed by atoms with Crippen LogP contribution in [-0.2, 0) is 21.3 Å². The normalized spacial score (nSPS) is 23.1. The molecule has 0 bridgehead atoms. The van der Waals surface area contributed by atoms with Gasteiger partial charge in [-0.15, -0.1) is 0 Å². The van der Waals surface area contributed by atoms with E-state index in [1.807, 2.05) is 17.8 Å². The molecule has 1 heterocycles. The number of sulfonamides is 1. The molecule has 4 atom stereocenters. The molecule has 1 N–H and O–H groups in total. The Morgan fingerprint density at radius 2 is 1.95 bits per heavy atom. The molecule has 0 saturated heterocycles. The Kier molecular flexibility index (Phi) is 12.3. The lowest BCUT2D eigenvalue weighted by Crippen LogP contribution is -2.47. The highest BCUT2D eigenvalue weighted by Crippen LogP contribution is 2.53. The topological polar surface area (TPSA) is 97.0 Å². The number of nitrogens with zero attached hydrogens (tertiary/aromatic N) is 4. The van der Waals surface area contributed by atoms with E-state index in [1.54, 1.807) is 33.8 Å². The van der Waals surface area contributed by atoms with Crippen molar-refractivity contribution in [2.75, 3.05) is 19.7 Å². The quantitative estimate of drug-likeness (QED) is 0.191. The van der Waals surface area contributed by atoms with Gasteiger partial charge in [0.25, 0.3) is 0 Å². The first-order chi connectivity index (χ1) is 18.7. The van der Waals surface area contributed by atoms with Crippen LogP contribution >= 0.6 is 0 Å². The van der Waals surface area contributed by atoms with Crippen molar-refractivity contribution in [2.24, 2.45) is 16.5 Å². The summed E-state index contributed by atoms with van der Waals surface area (Å²) >= 11 is 0. The van der Waals surface area contributed by atoms with Gasteiger partial charge in [0.15, 0.2) is 0 Å². The third-order valence-electron chi connectivity index (χ3n) is 7.66. The van der Waals surface area contributed by atoms with Gasteiger partial charge in [-0.1, -0.05) is 37.9 Å². The first kappa shape index (κ1) is 33.9. The molecule has 1 saturated carbocycles. The number of allylic oxidation sites excluding steroid dienone is 5. The molecule has 0 spiro atoms. The van der Waals surface area contributed by atoms with Crippen molar-refractivity contribution in [3.63, 3.8) is 0 Å². The highest BCUT2D eigenvalue weighted by atomic mass is 32.2. The zero-order valence-corrected chi connectivity index (χ0v) is 26.6. The Balaban J connectivity index is 0.00000178. The Morgan fingerprint density at radius 3 is 2.52 bits per heavy atom. The molecular weight excluding hydrogens is 531 g/mol. The summed E-state index contributed by atoms with van der Waals surface area (Å²) in [6, 6.07) is 0. The molecule has 0 aromatic carbocycles. The minimum atomic E-state index is -3.78. The molecule has 3 rings (SSSR count). The van der Waals surface area contributed by atoms with Crippen LogP contribution in [0.1, 0.15) is 92.8 Å². The molecule has 1 aromatic heterocycles. The van der Waals surface area contributed by atoms with Gasteiger partial charge in [-0.2, -0.15) is 9.40 Å². The molecule has 2 aliphatic rings. The molecule has 0 aliphatic heterocycles. The first-order valence-electron chi connectivity index (χ1n) is 14.3. The highest BCUT2D eigenvalue weighted by Gasteiger charge is 2.47. The van der Waals surface area contributed by atoms with E-state index in [0.29, 0.717) is 18.9 Å². The predicted octanol–water partition coefficient (Wildman–Crippen LogP) is 6.20. The van der Waals surface area contributed by atoms with Gasteiger partial charge in [-0.3, -0.25) is 0 Å². The summed E-state index contributed by atoms with van der Waals surface area (Å²) in [6.07, 6.45) is 10.1. The molecule has 2 aliphatic carbocycles. The minimum absolute atomic E-state index is 0.0227. The molecule has 0 radical (unpaired) electrons. The van der Waals surface area contributed by atoms with Gasteiger partial charge in [0.05, 0.1) is 29.5 Å². The maximum Gasteiger partial charge on any atom is 0.222 e. The van der Waals surface area contributed by atoms with Crippen molar-refractivity contribution in [1.29, 1.82) is 0 Å². The zero-order valence-electron chi connectivity index (χ0n) is 25.7. The average Bonchev–Trinajstić information content (AvgIpc) is 3.43. The fourth-order valence-electron chi connectivity index (χ4n) is 5.32. The Hall–Kier alpha value is -2.30. The van der Waals surface area contributed by atoms with Crippen LogP contribution in [0.15, 0.2) is 34.9 Å². The monoisotopic (exact) mass is 580 g/mol. The van der Waals surface area contributed by atoms with Gasteiger partial charge in [-0.05, 0) is 95.9 Å². The molecule has 10 heteroatoms. The van der Waals surface area contributed by atoms with Crippen LogP contribution in [0.2, 0.25) is 0 Å². The third-order valence-corrected chi connectivity index (χ3v) is 9.92. The number of aliphatic hydroxyl groups excluding tert-OH is 1. The van der Waals surface area contributed by atoms with Gasteiger partial charge in [0.1, 0.15) is 11.9 Å². The fourth-order valence-corrected chi connectivity index (χ4v) is 7.05. The second kappa shape index (κ2) is 14.5. The van der Waals surface area contributed by atoms with Gasteiger partial charge < -0.3 is 9.94 Å². The van der Waals surface area contributed by atoms with E-state index >= 15 is 0 Å². The summed E-state index contributed by atoms with van der Waals surface area (Å²) in [5.74, 6) is -0.191. The van der Waals surface area contributed by atoms with Crippen LogP contribution in [0.4, 0.5) is 4.39 Å². The van der Waals surface area contributed by atoms with E-state index in [-0.39, 0.29) is 23.7 Å². The minimum Gasteiger partial charge on any atom is -0.396 e. The van der Waals surface area contributed by atoms with E-state index in [9.17, 15) is 17.9 Å². The maximum atomic E-state index is 13.6. The highest BCUT2D eigenvalue weighted by molar-refractivity contribution is 7.90. The van der Waals surface area contributed by atoms with Crippen LogP contribution in [0.3, 0.4) is 0 Å². The van der Waals surface area contributed by atoms with E-state index in [1.165, 1.54) is 29.3 Å². The van der Waals surface area contributed by atoms with Crippen molar-refractivity contribution in [2.45, 2.75) is 99.4 Å². The molecule has 1 fully saturated rings. The third kappa shape index (κ3) is 7.91. The van der Waals surface area contributed by atoms with Crippen molar-refractivity contribution in [3.05, 3.63) is 41.0 Å². The molecule has 40 heavy (non-hydrogen) atoms. The van der Waals surface area contributed by atoms with Crippen LogP contribution in [-0.4, -0.2) is 64.4 Å². The van der Waals surface area contributed by atoms with Crippen molar-refractivity contribution in [1.82, 2.24) is 14.1 Å². The van der Waals surface area contributed by atoms with Gasteiger partial charge in [0, 0.05) is 18.8 Å². The summed E-state index contributed by atoms with van der Waals surface area (Å²) in [7, 11) is -3.78. The fraction of sp³-hybridized carbons (Fsp3) is 0.667. The van der Waals surface area contributed by atoms with Gasteiger partial charge in [0.2, 0.25) is 10.0 Å². The molecule has 226 valence electrons. The summed E-state index contributed by atoms with van der Waals surface area (Å²) < 4.78 is 43.7. The van der Waals surface area contributed by atoms with Crippen LogP contribution in [0.5, 0.6) is 0 Å². The first-order valence-corrected chi connectivity index (χ1v) is 15.9. The lowest BCUT2D eigenvalue weighted by Gasteiger charge is -2.39. The SMILES string of the molecule is CCC.CCO/N=C(/C)C(C)S(=O)(=O)N(CC(C)O)CC1CCC2=Cc3c(cnn3/C(C)=C/C=C(\C)F)CC21C. The number of aromatic nitrogens is 2. The summed E-state index contributed by atoms with van der Waals surface area (Å²) in [6.45, 7) is 17.1. The standard InChI is InChI=1S/C27H41FN4O4S.C3H8/c1-8-36-30-21(5)22(6)37(34,35)31(16-20(4)33)17-25-12-11-24-13-26-23(14-27(24,25)7)15-29-32(26)19(3)10-9-18(2)28;1-3-2/h9-10,13,15,20,22,25,33H,8,11-12,14,16-17H2,1-7H3;3H2,1-2H3/b18-9+,19-10+,30-21-;. The Labute approximate surface area is 240 Å². The second-order valence-corrected chi connectivity index (χ2v) is 13.5. The number of oxime groups is 1. The van der Waals surface area contributed by atoms with Gasteiger partial charge in [-0.25, -0.2) is 17.5 Å². The number of hydrogen-bond donors (Lipinski definition) is 1. The maximum absolute atomic E-state index is 13.6. The van der Waals surface area contributed by atoms with Crippen molar-refractivity contribution < 1.29 is 22.8 Å². The molecule has 4 unspecified atom stereocenters. The van der Waals surface area contributed by atoms with Crippen LogP contribution < -0.4 is 0 Å². The van der Waals surface area contributed by atoms with E-state index in [0.717, 1.165) is 36.2 Å². The zero-order chi connectivity index (χ0) is 30.3.